The van der Waals surface area contributed by atoms with Crippen molar-refractivity contribution in [3.8, 4) is 0 Å². The Morgan fingerprint density at radius 1 is 1.12 bits per heavy atom. The van der Waals surface area contributed by atoms with Crippen LogP contribution in [-0.4, -0.2) is 11.2 Å². The normalized spacial score (nSPS) is 17.9. The number of benzene rings is 1. The Hall–Kier alpha value is -1.08. The molecule has 1 aliphatic carbocycles. The van der Waals surface area contributed by atoms with Crippen LogP contribution in [0.2, 0.25) is 0 Å². The highest BCUT2D eigenvalue weighted by Crippen LogP contribution is 2.22. The zero-order valence-corrected chi connectivity index (χ0v) is 9.73. The first-order valence-electron chi connectivity index (χ1n) is 6.27. The molecule has 1 N–H and O–H groups in total. The second kappa shape index (κ2) is 5.86. The van der Waals surface area contributed by atoms with Gasteiger partial charge in [-0.2, -0.15) is 0 Å². The molecule has 0 saturated carbocycles. The van der Waals surface area contributed by atoms with Gasteiger partial charge < -0.3 is 5.11 Å². The number of allylic oxidation sites excluding steroid dienone is 1. The zero-order chi connectivity index (χ0) is 11.2. The van der Waals surface area contributed by atoms with E-state index in [0.29, 0.717) is 0 Å². The minimum atomic E-state index is -0.222. The van der Waals surface area contributed by atoms with Gasteiger partial charge in [0.25, 0.3) is 0 Å². The summed E-state index contributed by atoms with van der Waals surface area (Å²) in [5, 5.41) is 10.1. The second-order valence-electron chi connectivity index (χ2n) is 4.56. The minimum absolute atomic E-state index is 0.222. The van der Waals surface area contributed by atoms with Gasteiger partial charge in [0.1, 0.15) is 0 Å². The first kappa shape index (κ1) is 11.4. The van der Waals surface area contributed by atoms with Crippen LogP contribution >= 0.6 is 0 Å². The molecule has 0 amide bonds. The molecule has 1 heteroatoms. The van der Waals surface area contributed by atoms with Gasteiger partial charge in [-0.05, 0) is 49.7 Å². The number of aliphatic hydroxyl groups excluding tert-OH is 1. The number of aliphatic hydroxyl groups is 1. The highest BCUT2D eigenvalue weighted by molar-refractivity contribution is 5.16. The van der Waals surface area contributed by atoms with Gasteiger partial charge in [0.2, 0.25) is 0 Å². The predicted molar refractivity (Wildman–Crippen MR) is 67.3 cm³/mol. The number of hydrogen-bond donors (Lipinski definition) is 1. The maximum Gasteiger partial charge on any atom is 0.0753 e. The van der Waals surface area contributed by atoms with Crippen LogP contribution in [0.1, 0.15) is 37.7 Å². The van der Waals surface area contributed by atoms with Gasteiger partial charge in [-0.1, -0.05) is 36.4 Å². The quantitative estimate of drug-likeness (QED) is 0.764. The van der Waals surface area contributed by atoms with E-state index in [0.717, 1.165) is 25.7 Å². The molecule has 1 atom stereocenters. The van der Waals surface area contributed by atoms with E-state index >= 15 is 0 Å². The summed E-state index contributed by atoms with van der Waals surface area (Å²) in [4.78, 5) is 0. The van der Waals surface area contributed by atoms with Gasteiger partial charge in [0.15, 0.2) is 0 Å². The number of hydrogen-bond acceptors (Lipinski definition) is 1. The van der Waals surface area contributed by atoms with Crippen LogP contribution in [-0.2, 0) is 6.42 Å². The smallest absolute Gasteiger partial charge is 0.0753 e. The molecule has 1 aromatic carbocycles. The summed E-state index contributed by atoms with van der Waals surface area (Å²) >= 11 is 0. The zero-order valence-electron chi connectivity index (χ0n) is 9.73. The van der Waals surface area contributed by atoms with Crippen molar-refractivity contribution in [1.82, 2.24) is 0 Å². The summed E-state index contributed by atoms with van der Waals surface area (Å²) in [7, 11) is 0. The molecule has 2 rings (SSSR count). The monoisotopic (exact) mass is 216 g/mol. The fourth-order valence-corrected chi connectivity index (χ4v) is 2.30. The van der Waals surface area contributed by atoms with Crippen molar-refractivity contribution in [2.24, 2.45) is 0 Å². The molecular weight excluding hydrogens is 196 g/mol. The molecule has 0 fully saturated rings. The summed E-state index contributed by atoms with van der Waals surface area (Å²) in [6.45, 7) is 0. The average molecular weight is 216 g/mol. The summed E-state index contributed by atoms with van der Waals surface area (Å²) in [6.07, 6.45) is 8.62. The highest BCUT2D eigenvalue weighted by atomic mass is 16.3. The maximum atomic E-state index is 10.1. The molecule has 0 saturated heterocycles. The van der Waals surface area contributed by atoms with Crippen molar-refractivity contribution in [3.63, 3.8) is 0 Å². The van der Waals surface area contributed by atoms with Crippen LogP contribution in [0.4, 0.5) is 0 Å². The largest absolute Gasteiger partial charge is 0.389 e. The Balaban J connectivity index is 1.83. The predicted octanol–water partition coefficient (Wildman–Crippen LogP) is 3.48. The van der Waals surface area contributed by atoms with Gasteiger partial charge >= 0.3 is 0 Å². The average Bonchev–Trinajstić information content (AvgIpc) is 2.38. The van der Waals surface area contributed by atoms with Gasteiger partial charge in [-0.15, -0.1) is 0 Å². The molecule has 0 spiro atoms. The second-order valence-corrected chi connectivity index (χ2v) is 4.56. The van der Waals surface area contributed by atoms with Crippen molar-refractivity contribution in [2.75, 3.05) is 0 Å². The Morgan fingerprint density at radius 3 is 2.62 bits per heavy atom. The fourth-order valence-electron chi connectivity index (χ4n) is 2.30. The van der Waals surface area contributed by atoms with Crippen molar-refractivity contribution < 1.29 is 5.11 Å². The lowest BCUT2D eigenvalue weighted by Crippen LogP contribution is -2.13. The van der Waals surface area contributed by atoms with E-state index in [1.165, 1.54) is 24.0 Å². The highest BCUT2D eigenvalue weighted by Gasteiger charge is 2.12. The first-order valence-corrected chi connectivity index (χ1v) is 6.27. The molecule has 0 heterocycles. The molecular formula is C15H20O. The van der Waals surface area contributed by atoms with Crippen LogP contribution in [0.5, 0.6) is 0 Å². The lowest BCUT2D eigenvalue weighted by atomic mass is 9.92. The molecule has 1 aromatic rings. The van der Waals surface area contributed by atoms with Gasteiger partial charge in [-0.3, -0.25) is 0 Å². The molecule has 0 radical (unpaired) electrons. The number of aryl methyl sites for hydroxylation is 1. The molecule has 86 valence electrons. The Bertz CT molecular complexity index is 340. The molecule has 0 aliphatic heterocycles. The van der Waals surface area contributed by atoms with Crippen molar-refractivity contribution in [3.05, 3.63) is 47.5 Å². The van der Waals surface area contributed by atoms with Crippen LogP contribution in [0.3, 0.4) is 0 Å². The molecule has 1 aliphatic rings. The molecule has 0 bridgehead atoms. The van der Waals surface area contributed by atoms with Crippen LogP contribution in [0, 0.1) is 0 Å². The van der Waals surface area contributed by atoms with E-state index in [1.807, 2.05) is 6.07 Å². The van der Waals surface area contributed by atoms with E-state index in [9.17, 15) is 5.11 Å². The minimum Gasteiger partial charge on any atom is -0.389 e. The van der Waals surface area contributed by atoms with Gasteiger partial charge in [-0.25, -0.2) is 0 Å². The third-order valence-corrected chi connectivity index (χ3v) is 3.30. The Kier molecular flexibility index (Phi) is 4.17. The third-order valence-electron chi connectivity index (χ3n) is 3.30. The van der Waals surface area contributed by atoms with E-state index in [1.54, 1.807) is 0 Å². The summed E-state index contributed by atoms with van der Waals surface area (Å²) in [5.41, 5.74) is 2.58. The van der Waals surface area contributed by atoms with Crippen LogP contribution in [0.15, 0.2) is 42.0 Å². The Labute approximate surface area is 97.8 Å². The van der Waals surface area contributed by atoms with Gasteiger partial charge in [0.05, 0.1) is 6.10 Å². The Morgan fingerprint density at radius 2 is 1.94 bits per heavy atom. The van der Waals surface area contributed by atoms with Crippen molar-refractivity contribution in [1.29, 1.82) is 0 Å². The molecule has 1 nitrogen and oxygen atoms in total. The first-order chi connectivity index (χ1) is 7.86. The van der Waals surface area contributed by atoms with E-state index in [4.69, 9.17) is 0 Å². The molecule has 16 heavy (non-hydrogen) atoms. The molecule has 0 aromatic heterocycles. The summed E-state index contributed by atoms with van der Waals surface area (Å²) in [5.74, 6) is 0. The maximum absolute atomic E-state index is 10.1. The van der Waals surface area contributed by atoms with Crippen molar-refractivity contribution in [2.45, 2.75) is 44.6 Å². The van der Waals surface area contributed by atoms with E-state index in [2.05, 4.69) is 30.3 Å². The van der Waals surface area contributed by atoms with Crippen molar-refractivity contribution >= 4 is 0 Å². The summed E-state index contributed by atoms with van der Waals surface area (Å²) < 4.78 is 0. The lowest BCUT2D eigenvalue weighted by molar-refractivity contribution is 0.194. The SMILES string of the molecule is OC(CCc1ccccc1)C1=CCCCC1. The van der Waals surface area contributed by atoms with E-state index in [-0.39, 0.29) is 6.10 Å². The third kappa shape index (κ3) is 3.21. The molecule has 1 unspecified atom stereocenters. The number of rotatable bonds is 4. The van der Waals surface area contributed by atoms with E-state index < -0.39 is 0 Å². The van der Waals surface area contributed by atoms with Gasteiger partial charge in [0, 0.05) is 0 Å². The lowest BCUT2D eigenvalue weighted by Gasteiger charge is -2.18. The topological polar surface area (TPSA) is 20.2 Å². The standard InChI is InChI=1S/C15H20O/c16-15(14-9-5-2-6-10-14)12-11-13-7-3-1-4-8-13/h1,3-4,7-9,15-16H,2,5-6,10-12H2. The van der Waals surface area contributed by atoms with Crippen LogP contribution < -0.4 is 0 Å². The van der Waals surface area contributed by atoms with Crippen LogP contribution in [0.25, 0.3) is 0 Å². The summed E-state index contributed by atoms with van der Waals surface area (Å²) in [6, 6.07) is 10.4. The fraction of sp³-hybridized carbons (Fsp3) is 0.467.